The molecule has 0 heterocycles. The first-order chi connectivity index (χ1) is 7.24. The lowest BCUT2D eigenvalue weighted by Crippen LogP contribution is -1.99. The van der Waals surface area contributed by atoms with E-state index < -0.39 is 0 Å². The molecule has 0 aromatic heterocycles. The van der Waals surface area contributed by atoms with Crippen LogP contribution in [0.4, 0.5) is 5.69 Å². The number of nitrogens with two attached hydrogens (primary N) is 1. The molecule has 0 amide bonds. The van der Waals surface area contributed by atoms with Crippen molar-refractivity contribution in [3.8, 4) is 0 Å². The summed E-state index contributed by atoms with van der Waals surface area (Å²) in [6, 6.07) is 5.46. The molecule has 0 atom stereocenters. The fourth-order valence-electron chi connectivity index (χ4n) is 1.34. The van der Waals surface area contributed by atoms with Crippen LogP contribution in [-0.4, -0.2) is 6.61 Å². The second-order valence-corrected chi connectivity index (χ2v) is 4.04. The van der Waals surface area contributed by atoms with Crippen molar-refractivity contribution < 1.29 is 4.74 Å². The van der Waals surface area contributed by atoms with Crippen LogP contribution in [0, 0.1) is 0 Å². The first-order valence-corrected chi connectivity index (χ1v) is 5.73. The molecular weight excluding hydrogens is 210 g/mol. The Balaban J connectivity index is 2.33. The Labute approximate surface area is 96.4 Å². The molecule has 2 N–H and O–H groups in total. The second kappa shape index (κ2) is 6.70. The van der Waals surface area contributed by atoms with Crippen molar-refractivity contribution in [3.05, 3.63) is 28.8 Å². The Hall–Kier alpha value is -0.730. The van der Waals surface area contributed by atoms with Crippen LogP contribution in [0.15, 0.2) is 18.2 Å². The van der Waals surface area contributed by atoms with Gasteiger partial charge in [-0.25, -0.2) is 0 Å². The molecule has 0 spiro atoms. The van der Waals surface area contributed by atoms with Crippen LogP contribution >= 0.6 is 11.6 Å². The topological polar surface area (TPSA) is 35.2 Å². The summed E-state index contributed by atoms with van der Waals surface area (Å²) in [6.07, 6.45) is 3.53. The molecule has 0 unspecified atom stereocenters. The number of ether oxygens (including phenoxy) is 1. The molecule has 84 valence electrons. The summed E-state index contributed by atoms with van der Waals surface area (Å²) in [6.45, 7) is 3.52. The van der Waals surface area contributed by atoms with Gasteiger partial charge in [0.05, 0.1) is 6.61 Å². The molecule has 1 aromatic rings. The highest BCUT2D eigenvalue weighted by molar-refractivity contribution is 6.30. The molecule has 0 saturated heterocycles. The van der Waals surface area contributed by atoms with E-state index in [9.17, 15) is 0 Å². The highest BCUT2D eigenvalue weighted by Crippen LogP contribution is 2.18. The molecule has 0 aliphatic rings. The van der Waals surface area contributed by atoms with Gasteiger partial charge in [-0.1, -0.05) is 31.4 Å². The lowest BCUT2D eigenvalue weighted by Gasteiger charge is -2.07. The van der Waals surface area contributed by atoms with Gasteiger partial charge in [-0.05, 0) is 24.6 Å². The number of benzene rings is 1. The van der Waals surface area contributed by atoms with Crippen molar-refractivity contribution in [2.45, 2.75) is 32.8 Å². The van der Waals surface area contributed by atoms with Gasteiger partial charge in [-0.15, -0.1) is 0 Å². The molecule has 3 heteroatoms. The van der Waals surface area contributed by atoms with Gasteiger partial charge < -0.3 is 10.5 Å². The summed E-state index contributed by atoms with van der Waals surface area (Å²) in [5, 5.41) is 0.705. The van der Waals surface area contributed by atoms with Gasteiger partial charge >= 0.3 is 0 Å². The van der Waals surface area contributed by atoms with Crippen molar-refractivity contribution in [2.24, 2.45) is 0 Å². The quantitative estimate of drug-likeness (QED) is 0.595. The normalized spacial score (nSPS) is 10.5. The number of hydrogen-bond acceptors (Lipinski definition) is 2. The number of halogens is 1. The zero-order valence-corrected chi connectivity index (χ0v) is 9.89. The van der Waals surface area contributed by atoms with E-state index in [2.05, 4.69) is 6.92 Å². The Morgan fingerprint density at radius 3 is 2.87 bits per heavy atom. The molecule has 1 aromatic carbocycles. The van der Waals surface area contributed by atoms with Gasteiger partial charge in [-0.2, -0.15) is 0 Å². The third-order valence-corrected chi connectivity index (χ3v) is 2.49. The van der Waals surface area contributed by atoms with Crippen LogP contribution in [0.25, 0.3) is 0 Å². The number of anilines is 1. The van der Waals surface area contributed by atoms with Crippen LogP contribution < -0.4 is 5.73 Å². The molecule has 0 aliphatic carbocycles. The average Bonchev–Trinajstić information content (AvgIpc) is 2.23. The zero-order chi connectivity index (χ0) is 11.1. The molecule has 0 fully saturated rings. The molecule has 2 nitrogen and oxygen atoms in total. The Bertz CT molecular complexity index is 302. The molecule has 0 bridgehead atoms. The van der Waals surface area contributed by atoms with E-state index in [0.29, 0.717) is 11.6 Å². The summed E-state index contributed by atoms with van der Waals surface area (Å²) in [7, 11) is 0. The van der Waals surface area contributed by atoms with E-state index >= 15 is 0 Å². The van der Waals surface area contributed by atoms with Crippen LogP contribution in [0.3, 0.4) is 0 Å². The molecular formula is C12H18ClNO. The smallest absolute Gasteiger partial charge is 0.0737 e. The summed E-state index contributed by atoms with van der Waals surface area (Å²) in [5.74, 6) is 0. The van der Waals surface area contributed by atoms with Gasteiger partial charge in [0.1, 0.15) is 0 Å². The minimum absolute atomic E-state index is 0.552. The minimum atomic E-state index is 0.552. The van der Waals surface area contributed by atoms with Crippen molar-refractivity contribution in [1.29, 1.82) is 0 Å². The molecule has 1 rings (SSSR count). The average molecular weight is 228 g/mol. The monoisotopic (exact) mass is 227 g/mol. The Morgan fingerprint density at radius 2 is 2.13 bits per heavy atom. The van der Waals surface area contributed by atoms with E-state index in [0.717, 1.165) is 24.3 Å². The lowest BCUT2D eigenvalue weighted by atomic mass is 10.2. The van der Waals surface area contributed by atoms with Crippen molar-refractivity contribution in [2.75, 3.05) is 12.3 Å². The fourth-order valence-corrected chi connectivity index (χ4v) is 1.53. The molecule has 0 aliphatic heterocycles. The highest BCUT2D eigenvalue weighted by Gasteiger charge is 2.00. The van der Waals surface area contributed by atoms with E-state index in [1.54, 1.807) is 6.07 Å². The van der Waals surface area contributed by atoms with Crippen LogP contribution in [0.2, 0.25) is 5.02 Å². The minimum Gasteiger partial charge on any atom is -0.398 e. The predicted octanol–water partition coefficient (Wildman–Crippen LogP) is 3.63. The summed E-state index contributed by atoms with van der Waals surface area (Å²) < 4.78 is 5.52. The fraction of sp³-hybridized carbons (Fsp3) is 0.500. The van der Waals surface area contributed by atoms with Crippen molar-refractivity contribution in [1.82, 2.24) is 0 Å². The van der Waals surface area contributed by atoms with E-state index in [-0.39, 0.29) is 0 Å². The summed E-state index contributed by atoms with van der Waals surface area (Å²) >= 11 is 5.87. The molecule has 0 saturated carbocycles. The maximum absolute atomic E-state index is 5.87. The lowest BCUT2D eigenvalue weighted by molar-refractivity contribution is 0.117. The van der Waals surface area contributed by atoms with Crippen LogP contribution in [0.1, 0.15) is 31.7 Å². The van der Waals surface area contributed by atoms with Crippen molar-refractivity contribution >= 4 is 17.3 Å². The Morgan fingerprint density at radius 1 is 1.33 bits per heavy atom. The predicted molar refractivity (Wildman–Crippen MR) is 65.0 cm³/mol. The largest absolute Gasteiger partial charge is 0.398 e. The summed E-state index contributed by atoms with van der Waals surface area (Å²) in [5.41, 5.74) is 7.51. The third-order valence-electron chi connectivity index (χ3n) is 2.25. The number of unbranched alkanes of at least 4 members (excludes halogenated alkanes) is 2. The number of hydrogen-bond donors (Lipinski definition) is 1. The van der Waals surface area contributed by atoms with Gasteiger partial charge in [-0.3, -0.25) is 0 Å². The SMILES string of the molecule is CCCCCOCc1cc(Cl)ccc1N. The highest BCUT2D eigenvalue weighted by atomic mass is 35.5. The van der Waals surface area contributed by atoms with Gasteiger partial charge in [0.2, 0.25) is 0 Å². The maximum atomic E-state index is 5.87. The van der Waals surface area contributed by atoms with Gasteiger partial charge in [0.15, 0.2) is 0 Å². The standard InChI is InChI=1S/C12H18ClNO/c1-2-3-4-7-15-9-10-8-11(13)5-6-12(10)14/h5-6,8H,2-4,7,9,14H2,1H3. The van der Waals surface area contributed by atoms with E-state index in [1.807, 2.05) is 12.1 Å². The van der Waals surface area contributed by atoms with Gasteiger partial charge in [0, 0.05) is 22.9 Å². The molecule has 0 radical (unpaired) electrons. The first-order valence-electron chi connectivity index (χ1n) is 5.35. The van der Waals surface area contributed by atoms with E-state index in [4.69, 9.17) is 22.1 Å². The number of nitrogen functional groups attached to an aromatic ring is 1. The van der Waals surface area contributed by atoms with Crippen LogP contribution in [0.5, 0.6) is 0 Å². The van der Waals surface area contributed by atoms with Gasteiger partial charge in [0.25, 0.3) is 0 Å². The number of rotatable bonds is 6. The van der Waals surface area contributed by atoms with E-state index in [1.165, 1.54) is 12.8 Å². The second-order valence-electron chi connectivity index (χ2n) is 3.60. The molecule has 15 heavy (non-hydrogen) atoms. The summed E-state index contributed by atoms with van der Waals surface area (Å²) in [4.78, 5) is 0. The maximum Gasteiger partial charge on any atom is 0.0737 e. The van der Waals surface area contributed by atoms with Crippen molar-refractivity contribution in [3.63, 3.8) is 0 Å². The third kappa shape index (κ3) is 4.54. The Kier molecular flexibility index (Phi) is 5.51. The first kappa shape index (κ1) is 12.3. The van der Waals surface area contributed by atoms with Crippen LogP contribution in [-0.2, 0) is 11.3 Å². The zero-order valence-electron chi connectivity index (χ0n) is 9.13.